The van der Waals surface area contributed by atoms with Crippen LogP contribution in [0.4, 0.5) is 0 Å². The van der Waals surface area contributed by atoms with E-state index in [1.165, 1.54) is 0 Å². The molecule has 0 spiro atoms. The summed E-state index contributed by atoms with van der Waals surface area (Å²) in [6.45, 7) is 2.51. The summed E-state index contributed by atoms with van der Waals surface area (Å²) in [6, 6.07) is 9.38. The summed E-state index contributed by atoms with van der Waals surface area (Å²) >= 11 is 5.97. The number of hydrogen-bond donors (Lipinski definition) is 1. The highest BCUT2D eigenvalue weighted by molar-refractivity contribution is 6.30. The van der Waals surface area contributed by atoms with E-state index in [4.69, 9.17) is 22.1 Å². The van der Waals surface area contributed by atoms with Crippen molar-refractivity contribution >= 4 is 11.6 Å². The van der Waals surface area contributed by atoms with Crippen molar-refractivity contribution in [2.45, 2.75) is 19.4 Å². The van der Waals surface area contributed by atoms with E-state index >= 15 is 0 Å². The van der Waals surface area contributed by atoms with Crippen LogP contribution in [0.3, 0.4) is 0 Å². The number of ether oxygens (including phenoxy) is 1. The second-order valence-electron chi connectivity index (χ2n) is 4.43. The van der Waals surface area contributed by atoms with Crippen molar-refractivity contribution in [3.05, 3.63) is 58.9 Å². The third-order valence-corrected chi connectivity index (χ3v) is 3.07. The van der Waals surface area contributed by atoms with Crippen LogP contribution in [-0.2, 0) is 6.42 Å². The molecule has 2 rings (SSSR count). The number of hydrogen-bond acceptors (Lipinski definition) is 3. The molecule has 1 atom stereocenters. The topological polar surface area (TPSA) is 48.1 Å². The molecule has 0 amide bonds. The minimum atomic E-state index is -0.105. The molecule has 0 saturated carbocycles. The predicted octanol–water partition coefficient (Wildman–Crippen LogP) is 3.38. The van der Waals surface area contributed by atoms with E-state index in [2.05, 4.69) is 4.98 Å². The molecule has 1 aromatic heterocycles. The van der Waals surface area contributed by atoms with Crippen LogP contribution in [0, 0.1) is 0 Å². The molecule has 3 nitrogen and oxygen atoms in total. The van der Waals surface area contributed by atoms with Crippen LogP contribution in [0.25, 0.3) is 0 Å². The van der Waals surface area contributed by atoms with Crippen LogP contribution in [0.15, 0.2) is 42.7 Å². The molecule has 0 aliphatic heterocycles. The molecule has 0 aliphatic carbocycles. The maximum Gasteiger partial charge on any atom is 0.124 e. The smallest absolute Gasteiger partial charge is 0.124 e. The molecular weight excluding hydrogens is 260 g/mol. The van der Waals surface area contributed by atoms with Gasteiger partial charge in [-0.15, -0.1) is 0 Å². The summed E-state index contributed by atoms with van der Waals surface area (Å²) in [4.78, 5) is 4.07. The van der Waals surface area contributed by atoms with Gasteiger partial charge in [-0.3, -0.25) is 4.98 Å². The zero-order valence-electron chi connectivity index (χ0n) is 10.8. The number of nitrogens with two attached hydrogens (primary N) is 1. The minimum Gasteiger partial charge on any atom is -0.493 e. The Labute approximate surface area is 118 Å². The molecule has 1 aromatic carbocycles. The Hall–Kier alpha value is -1.58. The Morgan fingerprint density at radius 2 is 2.21 bits per heavy atom. The number of aromatic nitrogens is 1. The largest absolute Gasteiger partial charge is 0.493 e. The molecule has 4 heteroatoms. The van der Waals surface area contributed by atoms with Crippen LogP contribution < -0.4 is 10.5 Å². The third kappa shape index (κ3) is 3.94. The second kappa shape index (κ2) is 6.55. The van der Waals surface area contributed by atoms with Crippen LogP contribution in [0.1, 0.15) is 24.1 Å². The highest BCUT2D eigenvalue weighted by atomic mass is 35.5. The van der Waals surface area contributed by atoms with Crippen LogP contribution in [0.5, 0.6) is 5.75 Å². The Morgan fingerprint density at radius 1 is 1.37 bits per heavy atom. The Bertz CT molecular complexity index is 529. The van der Waals surface area contributed by atoms with Crippen LogP contribution >= 0.6 is 11.6 Å². The monoisotopic (exact) mass is 276 g/mol. The average Bonchev–Trinajstić information content (AvgIpc) is 2.41. The Kier molecular flexibility index (Phi) is 4.77. The lowest BCUT2D eigenvalue weighted by Gasteiger charge is -2.14. The van der Waals surface area contributed by atoms with E-state index < -0.39 is 0 Å². The van der Waals surface area contributed by atoms with Gasteiger partial charge in [-0.05, 0) is 36.8 Å². The van der Waals surface area contributed by atoms with Gasteiger partial charge in [0.15, 0.2) is 0 Å². The Morgan fingerprint density at radius 3 is 2.89 bits per heavy atom. The van der Waals surface area contributed by atoms with Gasteiger partial charge >= 0.3 is 0 Å². The predicted molar refractivity (Wildman–Crippen MR) is 77.5 cm³/mol. The highest BCUT2D eigenvalue weighted by Gasteiger charge is 2.09. The summed E-state index contributed by atoms with van der Waals surface area (Å²) in [5.41, 5.74) is 8.00. The van der Waals surface area contributed by atoms with Gasteiger partial charge in [0.25, 0.3) is 0 Å². The summed E-state index contributed by atoms with van der Waals surface area (Å²) in [5, 5.41) is 0.673. The first-order valence-corrected chi connectivity index (χ1v) is 6.61. The lowest BCUT2D eigenvalue weighted by molar-refractivity contribution is 0.317. The molecule has 2 N–H and O–H groups in total. The van der Waals surface area contributed by atoms with Gasteiger partial charge in [-0.1, -0.05) is 17.7 Å². The van der Waals surface area contributed by atoms with Crippen molar-refractivity contribution in [3.63, 3.8) is 0 Å². The number of rotatable bonds is 5. The van der Waals surface area contributed by atoms with Crippen molar-refractivity contribution in [2.75, 3.05) is 6.61 Å². The second-order valence-corrected chi connectivity index (χ2v) is 4.87. The maximum absolute atomic E-state index is 5.97. The molecule has 0 bridgehead atoms. The van der Waals surface area contributed by atoms with Gasteiger partial charge in [0.1, 0.15) is 5.75 Å². The van der Waals surface area contributed by atoms with Crippen molar-refractivity contribution in [1.29, 1.82) is 0 Å². The quantitative estimate of drug-likeness (QED) is 0.911. The molecule has 1 heterocycles. The fourth-order valence-electron chi connectivity index (χ4n) is 1.83. The normalized spacial score (nSPS) is 12.2. The van der Waals surface area contributed by atoms with E-state index in [1.54, 1.807) is 6.20 Å². The van der Waals surface area contributed by atoms with Gasteiger partial charge in [-0.2, -0.15) is 0 Å². The number of benzene rings is 1. The fraction of sp³-hybridized carbons (Fsp3) is 0.267. The molecule has 19 heavy (non-hydrogen) atoms. The standard InChI is InChI=1S/C15H17ClN2O/c1-11(17)14-9-13(16)4-5-15(14)19-8-6-12-3-2-7-18-10-12/h2-5,7,9-11H,6,8,17H2,1H3/t11-/m0/s1. The molecule has 0 aliphatic rings. The number of halogens is 1. The van der Waals surface area contributed by atoms with Crippen molar-refractivity contribution in [1.82, 2.24) is 4.98 Å². The lowest BCUT2D eigenvalue weighted by atomic mass is 10.1. The zero-order valence-corrected chi connectivity index (χ0v) is 11.6. The maximum atomic E-state index is 5.97. The van der Waals surface area contributed by atoms with Gasteiger partial charge in [0.2, 0.25) is 0 Å². The molecule has 0 saturated heterocycles. The first-order valence-electron chi connectivity index (χ1n) is 6.23. The molecule has 0 fully saturated rings. The molecular formula is C15H17ClN2O. The zero-order chi connectivity index (χ0) is 13.7. The summed E-state index contributed by atoms with van der Waals surface area (Å²) in [6.07, 6.45) is 4.42. The van der Waals surface area contributed by atoms with E-state index in [0.717, 1.165) is 23.3 Å². The average molecular weight is 277 g/mol. The molecule has 2 aromatic rings. The third-order valence-electron chi connectivity index (χ3n) is 2.83. The minimum absolute atomic E-state index is 0.105. The van der Waals surface area contributed by atoms with Gasteiger partial charge < -0.3 is 10.5 Å². The molecule has 0 unspecified atom stereocenters. The lowest BCUT2D eigenvalue weighted by Crippen LogP contribution is -2.09. The van der Waals surface area contributed by atoms with E-state index in [9.17, 15) is 0 Å². The van der Waals surface area contributed by atoms with Crippen LogP contribution in [-0.4, -0.2) is 11.6 Å². The molecule has 100 valence electrons. The fourth-order valence-corrected chi connectivity index (χ4v) is 2.01. The van der Waals surface area contributed by atoms with Crippen molar-refractivity contribution in [3.8, 4) is 5.75 Å². The van der Waals surface area contributed by atoms with E-state index in [1.807, 2.05) is 43.5 Å². The highest BCUT2D eigenvalue weighted by Crippen LogP contribution is 2.27. The number of nitrogens with zero attached hydrogens (tertiary/aromatic N) is 1. The summed E-state index contributed by atoms with van der Waals surface area (Å²) in [7, 11) is 0. The Balaban J connectivity index is 2.00. The van der Waals surface area contributed by atoms with E-state index in [0.29, 0.717) is 11.6 Å². The van der Waals surface area contributed by atoms with Gasteiger partial charge in [-0.25, -0.2) is 0 Å². The number of pyridine rings is 1. The molecule has 0 radical (unpaired) electrons. The van der Waals surface area contributed by atoms with Gasteiger partial charge in [0.05, 0.1) is 6.61 Å². The first-order chi connectivity index (χ1) is 9.16. The van der Waals surface area contributed by atoms with Gasteiger partial charge in [0, 0.05) is 35.4 Å². The van der Waals surface area contributed by atoms with Crippen molar-refractivity contribution in [2.24, 2.45) is 5.73 Å². The van der Waals surface area contributed by atoms with Crippen LogP contribution in [0.2, 0.25) is 5.02 Å². The SMILES string of the molecule is C[C@H](N)c1cc(Cl)ccc1OCCc1cccnc1. The van der Waals surface area contributed by atoms with Crippen molar-refractivity contribution < 1.29 is 4.74 Å². The first kappa shape index (κ1) is 13.8. The summed E-state index contributed by atoms with van der Waals surface area (Å²) < 4.78 is 5.79. The van der Waals surface area contributed by atoms with E-state index in [-0.39, 0.29) is 6.04 Å². The summed E-state index contributed by atoms with van der Waals surface area (Å²) in [5.74, 6) is 0.795.